The van der Waals surface area contributed by atoms with Gasteiger partial charge >= 0.3 is 6.18 Å². The van der Waals surface area contributed by atoms with E-state index in [0.29, 0.717) is 50.1 Å². The fourth-order valence-electron chi connectivity index (χ4n) is 5.24. The van der Waals surface area contributed by atoms with Gasteiger partial charge in [0.15, 0.2) is 0 Å². The van der Waals surface area contributed by atoms with Gasteiger partial charge in [-0.3, -0.25) is 4.79 Å². The number of fused-ring (bicyclic) bond motifs is 1. The van der Waals surface area contributed by atoms with E-state index in [2.05, 4.69) is 27.1 Å². The first-order valence-corrected chi connectivity index (χ1v) is 12.6. The number of aryl methyl sites for hydroxylation is 1. The second-order valence-electron chi connectivity index (χ2n) is 10.1. The van der Waals surface area contributed by atoms with Crippen molar-refractivity contribution in [3.8, 4) is 0 Å². The van der Waals surface area contributed by atoms with E-state index >= 15 is 0 Å². The van der Waals surface area contributed by atoms with Crippen molar-refractivity contribution in [3.63, 3.8) is 0 Å². The van der Waals surface area contributed by atoms with Crippen molar-refractivity contribution in [1.29, 1.82) is 0 Å². The molecule has 1 aliphatic heterocycles. The molecule has 9 heteroatoms. The zero-order valence-corrected chi connectivity index (χ0v) is 20.0. The second kappa shape index (κ2) is 9.76. The highest BCUT2D eigenvalue weighted by molar-refractivity contribution is 5.84. The zero-order valence-electron chi connectivity index (χ0n) is 20.0. The Morgan fingerprint density at radius 2 is 1.80 bits per heavy atom. The molecule has 5 rings (SSSR count). The molecule has 0 radical (unpaired) electrons. The van der Waals surface area contributed by atoms with Crippen LogP contribution >= 0.6 is 0 Å². The minimum absolute atomic E-state index is 0.0333. The Morgan fingerprint density at radius 1 is 1.09 bits per heavy atom. The molecule has 0 spiro atoms. The zero-order chi connectivity index (χ0) is 24.6. The molecule has 188 valence electrons. The molecular formula is C26H32F3N5O. The van der Waals surface area contributed by atoms with Crippen LogP contribution in [0.5, 0.6) is 0 Å². The van der Waals surface area contributed by atoms with Crippen LogP contribution in [-0.2, 0) is 17.4 Å². The lowest BCUT2D eigenvalue weighted by Gasteiger charge is -2.38. The summed E-state index contributed by atoms with van der Waals surface area (Å²) >= 11 is 0. The fourth-order valence-corrected chi connectivity index (χ4v) is 5.24. The summed E-state index contributed by atoms with van der Waals surface area (Å²) in [5, 5.41) is 3.38. The number of halogens is 3. The minimum Gasteiger partial charge on any atom is -0.353 e. The summed E-state index contributed by atoms with van der Waals surface area (Å²) in [5.74, 6) is 1.53. The number of hydrogen-bond acceptors (Lipinski definition) is 5. The monoisotopic (exact) mass is 487 g/mol. The molecule has 2 atom stereocenters. The molecule has 0 bridgehead atoms. The van der Waals surface area contributed by atoms with Crippen LogP contribution in [0.25, 0.3) is 0 Å². The summed E-state index contributed by atoms with van der Waals surface area (Å²) in [6, 6.07) is 5.05. The molecule has 1 amide bonds. The average molecular weight is 488 g/mol. The van der Waals surface area contributed by atoms with Crippen LogP contribution in [0.3, 0.4) is 0 Å². The van der Waals surface area contributed by atoms with Gasteiger partial charge in [0, 0.05) is 44.0 Å². The quantitative estimate of drug-likeness (QED) is 0.640. The highest BCUT2D eigenvalue weighted by atomic mass is 19.4. The molecule has 6 nitrogen and oxygen atoms in total. The Labute approximate surface area is 203 Å². The van der Waals surface area contributed by atoms with Gasteiger partial charge in [-0.25, -0.2) is 9.97 Å². The number of carbonyl (C=O) groups excluding carboxylic acids is 1. The van der Waals surface area contributed by atoms with E-state index in [1.807, 2.05) is 4.90 Å². The van der Waals surface area contributed by atoms with Gasteiger partial charge in [0.25, 0.3) is 0 Å². The van der Waals surface area contributed by atoms with Gasteiger partial charge in [-0.05, 0) is 61.8 Å². The van der Waals surface area contributed by atoms with Crippen LogP contribution < -0.4 is 10.2 Å². The number of amides is 1. The maximum absolute atomic E-state index is 13.6. The van der Waals surface area contributed by atoms with E-state index < -0.39 is 17.7 Å². The Kier molecular flexibility index (Phi) is 6.70. The summed E-state index contributed by atoms with van der Waals surface area (Å²) in [7, 11) is 0. The van der Waals surface area contributed by atoms with Crippen molar-refractivity contribution in [3.05, 3.63) is 53.0 Å². The highest BCUT2D eigenvalue weighted by Crippen LogP contribution is 2.37. The summed E-state index contributed by atoms with van der Waals surface area (Å²) in [5.41, 5.74) is 2.29. The third-order valence-corrected chi connectivity index (χ3v) is 7.56. The summed E-state index contributed by atoms with van der Waals surface area (Å²) in [6.45, 7) is 5.96. The number of alkyl halides is 3. The van der Waals surface area contributed by atoms with Crippen molar-refractivity contribution in [2.24, 2.45) is 5.92 Å². The normalized spacial score (nSPS) is 21.2. The number of anilines is 1. The van der Waals surface area contributed by atoms with Crippen LogP contribution in [0.15, 0.2) is 30.6 Å². The predicted octanol–water partition coefficient (Wildman–Crippen LogP) is 3.98. The molecule has 2 aliphatic carbocycles. The molecular weight excluding hydrogens is 455 g/mol. The molecule has 1 aromatic carbocycles. The molecule has 1 aromatic heterocycles. The Bertz CT molecular complexity index is 1050. The standard InChI is InChI=1S/C26H32F3N5O/c1-17-2-9-22-23(17)24(32-16-31-22)33-10-12-34(13-11-33)25(35)21(15-30-14-18-3-4-18)19-5-7-20(8-6-19)26(27,28)29/h5-8,16-18,21,30H,2-4,9-15H2,1H3/t17-,21-/m1/s1. The maximum Gasteiger partial charge on any atom is 0.416 e. The lowest BCUT2D eigenvalue weighted by molar-refractivity contribution is -0.137. The van der Waals surface area contributed by atoms with Crippen molar-refractivity contribution in [2.75, 3.05) is 44.2 Å². The van der Waals surface area contributed by atoms with Gasteiger partial charge in [0.05, 0.1) is 11.5 Å². The largest absolute Gasteiger partial charge is 0.416 e. The molecule has 0 unspecified atom stereocenters. The summed E-state index contributed by atoms with van der Waals surface area (Å²) in [6.07, 6.45) is 1.70. The van der Waals surface area contributed by atoms with Crippen molar-refractivity contribution >= 4 is 11.7 Å². The van der Waals surface area contributed by atoms with Crippen LogP contribution in [0.2, 0.25) is 0 Å². The van der Waals surface area contributed by atoms with Crippen LogP contribution in [0.1, 0.15) is 60.4 Å². The number of nitrogens with one attached hydrogen (secondary N) is 1. The number of rotatable bonds is 7. The molecule has 1 N–H and O–H groups in total. The number of benzene rings is 1. The topological polar surface area (TPSA) is 61.4 Å². The molecule has 2 aromatic rings. The predicted molar refractivity (Wildman–Crippen MR) is 127 cm³/mol. The molecule has 1 saturated heterocycles. The van der Waals surface area contributed by atoms with Gasteiger partial charge in [-0.15, -0.1) is 0 Å². The SMILES string of the molecule is C[C@@H]1CCc2ncnc(N3CCN(C(=O)[C@H](CNCC4CC4)c4ccc(C(F)(F)F)cc4)CC3)c21. The van der Waals surface area contributed by atoms with E-state index in [-0.39, 0.29) is 5.91 Å². The molecule has 35 heavy (non-hydrogen) atoms. The van der Waals surface area contributed by atoms with Crippen molar-refractivity contribution in [2.45, 2.75) is 50.6 Å². The second-order valence-corrected chi connectivity index (χ2v) is 10.1. The number of aromatic nitrogens is 2. The number of nitrogens with zero attached hydrogens (tertiary/aromatic N) is 4. The molecule has 2 heterocycles. The first-order chi connectivity index (χ1) is 16.8. The Balaban J connectivity index is 1.28. The first-order valence-electron chi connectivity index (χ1n) is 12.6. The van der Waals surface area contributed by atoms with Gasteiger partial charge in [-0.1, -0.05) is 19.1 Å². The third-order valence-electron chi connectivity index (χ3n) is 7.56. The Morgan fingerprint density at radius 3 is 2.46 bits per heavy atom. The lowest BCUT2D eigenvalue weighted by Crippen LogP contribution is -2.51. The number of piperazine rings is 1. The molecule has 1 saturated carbocycles. The summed E-state index contributed by atoms with van der Waals surface area (Å²) in [4.78, 5) is 26.7. The van der Waals surface area contributed by atoms with Crippen molar-refractivity contribution < 1.29 is 18.0 Å². The minimum atomic E-state index is -4.39. The fraction of sp³-hybridized carbons (Fsp3) is 0.577. The van der Waals surface area contributed by atoms with E-state index in [1.54, 1.807) is 6.33 Å². The maximum atomic E-state index is 13.6. The van der Waals surface area contributed by atoms with Gasteiger partial charge in [0.2, 0.25) is 5.91 Å². The van der Waals surface area contributed by atoms with Crippen LogP contribution in [0, 0.1) is 5.92 Å². The summed E-state index contributed by atoms with van der Waals surface area (Å²) < 4.78 is 39.2. The first kappa shape index (κ1) is 24.0. The lowest BCUT2D eigenvalue weighted by atomic mass is 9.95. The smallest absolute Gasteiger partial charge is 0.353 e. The van der Waals surface area contributed by atoms with E-state index in [9.17, 15) is 18.0 Å². The molecule has 2 fully saturated rings. The number of hydrogen-bond donors (Lipinski definition) is 1. The highest BCUT2D eigenvalue weighted by Gasteiger charge is 2.34. The van der Waals surface area contributed by atoms with Crippen molar-refractivity contribution in [1.82, 2.24) is 20.2 Å². The van der Waals surface area contributed by atoms with Gasteiger partial charge in [-0.2, -0.15) is 13.2 Å². The third kappa shape index (κ3) is 5.29. The van der Waals surface area contributed by atoms with Gasteiger partial charge < -0.3 is 15.1 Å². The van der Waals surface area contributed by atoms with Crippen LogP contribution in [-0.4, -0.2) is 60.0 Å². The van der Waals surface area contributed by atoms with E-state index in [0.717, 1.165) is 43.0 Å². The van der Waals surface area contributed by atoms with Gasteiger partial charge in [0.1, 0.15) is 12.1 Å². The van der Waals surface area contributed by atoms with Crippen LogP contribution in [0.4, 0.5) is 19.0 Å². The average Bonchev–Trinajstić information content (AvgIpc) is 3.61. The molecule has 3 aliphatic rings. The number of carbonyl (C=O) groups is 1. The van der Waals surface area contributed by atoms with E-state index in [4.69, 9.17) is 0 Å². The van der Waals surface area contributed by atoms with E-state index in [1.165, 1.54) is 30.5 Å². The Hall–Kier alpha value is -2.68.